The Morgan fingerprint density at radius 2 is 1.88 bits per heavy atom. The molecule has 1 aromatic rings. The third kappa shape index (κ3) is 5.29. The molecule has 0 radical (unpaired) electrons. The minimum Gasteiger partial charge on any atom is -0.376 e. The van der Waals surface area contributed by atoms with Gasteiger partial charge in [-0.2, -0.15) is 0 Å². The van der Waals surface area contributed by atoms with Crippen LogP contribution in [0.4, 0.5) is 4.79 Å². The molecule has 2 heterocycles. The third-order valence-electron chi connectivity index (χ3n) is 7.45. The van der Waals surface area contributed by atoms with Gasteiger partial charge in [0.15, 0.2) is 0 Å². The van der Waals surface area contributed by atoms with Gasteiger partial charge in [0.2, 0.25) is 10.0 Å². The van der Waals surface area contributed by atoms with Crippen LogP contribution in [0.25, 0.3) is 0 Å². The summed E-state index contributed by atoms with van der Waals surface area (Å²) in [6.45, 7) is 3.45. The maximum absolute atomic E-state index is 12.8. The highest BCUT2D eigenvalue weighted by molar-refractivity contribution is 7.89. The molecule has 2 atom stereocenters. The molecule has 2 saturated heterocycles. The average molecular weight is 464 g/mol. The summed E-state index contributed by atoms with van der Waals surface area (Å²) in [7, 11) is -3.33. The van der Waals surface area contributed by atoms with Gasteiger partial charge < -0.3 is 15.0 Å². The van der Waals surface area contributed by atoms with Crippen LogP contribution in [0.2, 0.25) is 0 Å². The number of ether oxygens (including phenoxy) is 1. The van der Waals surface area contributed by atoms with Gasteiger partial charge in [-0.25, -0.2) is 17.9 Å². The standard InChI is InChI=1S/C24H37N3O4S/c1-2-25-23(28)27-16-6-14-24(15-7-17-32(29,30)26-24)22(27)18-31-21-12-10-20(11-13-21)19-8-4-3-5-9-19/h3-5,8-9,20-22,26H,2,6-7,10-18H2,1H3,(H,25,28)/t20?,21?,22-,24+/m1/s1. The first-order chi connectivity index (χ1) is 15.4. The van der Waals surface area contributed by atoms with Gasteiger partial charge in [0.1, 0.15) is 0 Å². The van der Waals surface area contributed by atoms with E-state index in [0.29, 0.717) is 32.0 Å². The van der Waals surface area contributed by atoms with E-state index in [2.05, 4.69) is 40.4 Å². The van der Waals surface area contributed by atoms with Crippen molar-refractivity contribution in [1.29, 1.82) is 0 Å². The number of hydrogen-bond acceptors (Lipinski definition) is 4. The van der Waals surface area contributed by atoms with Gasteiger partial charge in [0.25, 0.3) is 0 Å². The Morgan fingerprint density at radius 3 is 2.56 bits per heavy atom. The number of carbonyl (C=O) groups excluding carboxylic acids is 1. The Morgan fingerprint density at radius 1 is 1.16 bits per heavy atom. The van der Waals surface area contributed by atoms with Crippen LogP contribution >= 0.6 is 0 Å². The van der Waals surface area contributed by atoms with Crippen molar-refractivity contribution in [3.05, 3.63) is 35.9 Å². The van der Waals surface area contributed by atoms with Crippen LogP contribution in [0.15, 0.2) is 30.3 Å². The predicted molar refractivity (Wildman–Crippen MR) is 125 cm³/mol. The Kier molecular flexibility index (Phi) is 7.42. The molecule has 1 spiro atoms. The van der Waals surface area contributed by atoms with Crippen LogP contribution in [-0.2, 0) is 14.8 Å². The van der Waals surface area contributed by atoms with Crippen molar-refractivity contribution in [2.75, 3.05) is 25.4 Å². The molecular weight excluding hydrogens is 426 g/mol. The van der Waals surface area contributed by atoms with Gasteiger partial charge in [0.05, 0.1) is 30.0 Å². The van der Waals surface area contributed by atoms with Crippen molar-refractivity contribution >= 4 is 16.1 Å². The summed E-state index contributed by atoms with van der Waals surface area (Å²) in [6, 6.07) is 10.2. The van der Waals surface area contributed by atoms with Crippen molar-refractivity contribution in [1.82, 2.24) is 14.9 Å². The van der Waals surface area contributed by atoms with Crippen LogP contribution in [0, 0.1) is 0 Å². The predicted octanol–water partition coefficient (Wildman–Crippen LogP) is 3.38. The van der Waals surface area contributed by atoms with Crippen molar-refractivity contribution in [2.45, 2.75) is 81.9 Å². The van der Waals surface area contributed by atoms with Gasteiger partial charge in [-0.3, -0.25) is 0 Å². The summed E-state index contributed by atoms with van der Waals surface area (Å²) < 4.78 is 34.3. The Bertz CT molecular complexity index is 866. The van der Waals surface area contributed by atoms with Crippen LogP contribution in [0.5, 0.6) is 0 Å². The molecule has 0 bridgehead atoms. The van der Waals surface area contributed by atoms with Crippen molar-refractivity contribution < 1.29 is 17.9 Å². The molecule has 3 aliphatic rings. The number of benzene rings is 1. The van der Waals surface area contributed by atoms with E-state index in [1.54, 1.807) is 0 Å². The quantitative estimate of drug-likeness (QED) is 0.701. The van der Waals surface area contributed by atoms with E-state index in [1.165, 1.54) is 5.56 Å². The fraction of sp³-hybridized carbons (Fsp3) is 0.708. The highest BCUT2D eigenvalue weighted by Gasteiger charge is 2.50. The molecule has 4 rings (SSSR count). The minimum absolute atomic E-state index is 0.127. The molecule has 178 valence electrons. The average Bonchev–Trinajstić information content (AvgIpc) is 2.78. The summed E-state index contributed by atoms with van der Waals surface area (Å²) in [5, 5.41) is 2.90. The highest BCUT2D eigenvalue weighted by atomic mass is 32.2. The lowest BCUT2D eigenvalue weighted by atomic mass is 9.78. The van der Waals surface area contributed by atoms with Crippen molar-refractivity contribution in [3.8, 4) is 0 Å². The highest BCUT2D eigenvalue weighted by Crippen LogP contribution is 2.38. The minimum atomic E-state index is -3.33. The summed E-state index contributed by atoms with van der Waals surface area (Å²) in [5.41, 5.74) is 0.776. The summed E-state index contributed by atoms with van der Waals surface area (Å²) >= 11 is 0. The molecule has 2 amide bonds. The number of likely N-dealkylation sites (tertiary alicyclic amines) is 1. The van der Waals surface area contributed by atoms with Crippen LogP contribution in [-0.4, -0.2) is 62.5 Å². The summed E-state index contributed by atoms with van der Waals surface area (Å²) in [6.07, 6.45) is 7.24. The van der Waals surface area contributed by atoms with E-state index in [9.17, 15) is 13.2 Å². The molecule has 7 nitrogen and oxygen atoms in total. The molecule has 2 aliphatic heterocycles. The Balaban J connectivity index is 1.43. The molecule has 0 aromatic heterocycles. The van der Waals surface area contributed by atoms with Crippen molar-refractivity contribution in [2.24, 2.45) is 0 Å². The number of sulfonamides is 1. The number of nitrogens with zero attached hydrogens (tertiary/aromatic N) is 1. The first-order valence-electron chi connectivity index (χ1n) is 12.1. The SMILES string of the molecule is CCNC(=O)N1CCC[C@]2(CCCS(=O)(=O)N2)[C@H]1COC1CCC(c2ccccc2)CC1. The zero-order valence-corrected chi connectivity index (χ0v) is 19.9. The van der Waals surface area contributed by atoms with Gasteiger partial charge in [-0.15, -0.1) is 0 Å². The second-order valence-electron chi connectivity index (χ2n) is 9.55. The first kappa shape index (κ1) is 23.5. The number of rotatable bonds is 5. The fourth-order valence-corrected chi connectivity index (χ4v) is 7.43. The Labute approximate surface area is 192 Å². The fourth-order valence-electron chi connectivity index (χ4n) is 5.85. The summed E-state index contributed by atoms with van der Waals surface area (Å²) in [5.74, 6) is 0.738. The number of piperidine rings is 1. The van der Waals surface area contributed by atoms with Gasteiger partial charge in [-0.05, 0) is 69.8 Å². The number of nitrogens with one attached hydrogen (secondary N) is 2. The summed E-state index contributed by atoms with van der Waals surface area (Å²) in [4.78, 5) is 14.6. The zero-order chi connectivity index (χ0) is 22.6. The molecule has 3 fully saturated rings. The number of hydrogen-bond donors (Lipinski definition) is 2. The molecule has 8 heteroatoms. The van der Waals surface area contributed by atoms with Crippen molar-refractivity contribution in [3.63, 3.8) is 0 Å². The van der Waals surface area contributed by atoms with E-state index >= 15 is 0 Å². The number of amides is 2. The maximum atomic E-state index is 12.8. The topological polar surface area (TPSA) is 87.7 Å². The lowest BCUT2D eigenvalue weighted by molar-refractivity contribution is -0.0387. The van der Waals surface area contributed by atoms with E-state index < -0.39 is 15.6 Å². The normalized spacial score (nSPS) is 32.5. The van der Waals surface area contributed by atoms with Gasteiger partial charge in [-0.1, -0.05) is 30.3 Å². The molecule has 2 N–H and O–H groups in total. The number of urea groups is 1. The molecule has 1 aromatic carbocycles. The lowest BCUT2D eigenvalue weighted by Crippen LogP contribution is -2.70. The van der Waals surface area contributed by atoms with Crippen LogP contribution < -0.4 is 10.0 Å². The zero-order valence-electron chi connectivity index (χ0n) is 19.1. The Hall–Kier alpha value is -1.64. The second-order valence-corrected chi connectivity index (χ2v) is 11.4. The van der Waals surface area contributed by atoms with Crippen LogP contribution in [0.3, 0.4) is 0 Å². The van der Waals surface area contributed by atoms with E-state index in [1.807, 2.05) is 11.8 Å². The van der Waals surface area contributed by atoms with Crippen LogP contribution in [0.1, 0.15) is 69.8 Å². The van der Waals surface area contributed by atoms with E-state index in [0.717, 1.165) is 44.9 Å². The first-order valence-corrected chi connectivity index (χ1v) is 13.8. The molecule has 0 unspecified atom stereocenters. The molecule has 32 heavy (non-hydrogen) atoms. The van der Waals surface area contributed by atoms with Gasteiger partial charge >= 0.3 is 6.03 Å². The smallest absolute Gasteiger partial charge is 0.317 e. The maximum Gasteiger partial charge on any atom is 0.317 e. The second kappa shape index (κ2) is 10.1. The molecular formula is C24H37N3O4S. The molecule has 1 aliphatic carbocycles. The largest absolute Gasteiger partial charge is 0.376 e. The van der Waals surface area contributed by atoms with Gasteiger partial charge in [0, 0.05) is 13.1 Å². The monoisotopic (exact) mass is 463 g/mol. The lowest BCUT2D eigenvalue weighted by Gasteiger charge is -2.51. The third-order valence-corrected chi connectivity index (χ3v) is 9.00. The van der Waals surface area contributed by atoms with E-state index in [-0.39, 0.29) is 23.9 Å². The molecule has 1 saturated carbocycles. The van der Waals surface area contributed by atoms with E-state index in [4.69, 9.17) is 4.74 Å². The number of carbonyl (C=O) groups is 1.